The van der Waals surface area contributed by atoms with E-state index in [0.717, 1.165) is 17.9 Å². The average molecular weight is 564 g/mol. The van der Waals surface area contributed by atoms with Crippen molar-refractivity contribution < 1.29 is 18.4 Å². The van der Waals surface area contributed by atoms with E-state index in [1.54, 1.807) is 0 Å². The van der Waals surface area contributed by atoms with Gasteiger partial charge in [-0.3, -0.25) is 4.90 Å². The molecule has 35 heavy (non-hydrogen) atoms. The quantitative estimate of drug-likeness (QED) is 0.305. The van der Waals surface area contributed by atoms with Gasteiger partial charge in [0.15, 0.2) is 16.6 Å². The first kappa shape index (κ1) is 31.5. The molecule has 2 aliphatic heterocycles. The Balaban J connectivity index is 2.43. The van der Waals surface area contributed by atoms with Crippen LogP contribution in [-0.2, 0) is 13.6 Å². The maximum Gasteiger partial charge on any atom is 0.410 e. The summed E-state index contributed by atoms with van der Waals surface area (Å²) in [6.45, 7) is 29.4. The SMILES string of the molecule is CC(C)(C)OC(=O)N1C[C@H](O[Si](C)(C)C(C)(C)C)C[C@H]1[C@H](O[Si](C)(C)C(C)(C)C)C1SCCCS1. The molecule has 0 N–H and O–H groups in total. The highest BCUT2D eigenvalue weighted by molar-refractivity contribution is 8.17. The standard InChI is InChI=1S/C26H53NO4S2Si2/c1-24(2,3)29-23(28)27-18-19(30-34(10,11)25(4,5)6)17-20(27)21(22-32-15-14-16-33-22)31-35(12,13)26(7,8)9/h19-22H,14-18H2,1-13H3/t19-,20+,21+/m1/s1. The molecular formula is C26H53NO4S2Si2. The summed E-state index contributed by atoms with van der Waals surface area (Å²) >= 11 is 4.01. The van der Waals surface area contributed by atoms with Crippen LogP contribution in [0, 0.1) is 0 Å². The molecule has 0 aromatic carbocycles. The Hall–Kier alpha value is 0.324. The Bertz CT molecular complexity index is 722. The summed E-state index contributed by atoms with van der Waals surface area (Å²) in [5, 5.41) is 0.218. The molecular weight excluding hydrogens is 511 g/mol. The van der Waals surface area contributed by atoms with Crippen molar-refractivity contribution >= 4 is 46.3 Å². The van der Waals surface area contributed by atoms with Crippen molar-refractivity contribution in [2.24, 2.45) is 0 Å². The lowest BCUT2D eigenvalue weighted by atomic mass is 10.1. The molecule has 0 saturated carbocycles. The molecule has 2 rings (SSSR count). The van der Waals surface area contributed by atoms with Crippen molar-refractivity contribution in [3.63, 3.8) is 0 Å². The second kappa shape index (κ2) is 11.2. The van der Waals surface area contributed by atoms with Crippen LogP contribution in [0.1, 0.15) is 75.2 Å². The molecule has 2 heterocycles. The van der Waals surface area contributed by atoms with Gasteiger partial charge in [-0.1, -0.05) is 41.5 Å². The normalized spacial score (nSPS) is 24.5. The van der Waals surface area contributed by atoms with E-state index in [1.165, 1.54) is 6.42 Å². The zero-order valence-electron chi connectivity index (χ0n) is 24.7. The van der Waals surface area contributed by atoms with Crippen molar-refractivity contribution in [2.45, 2.75) is 140 Å². The van der Waals surface area contributed by atoms with Crippen LogP contribution in [0.4, 0.5) is 4.79 Å². The van der Waals surface area contributed by atoms with Crippen molar-refractivity contribution in [1.29, 1.82) is 0 Å². The number of rotatable bonds is 6. The topological polar surface area (TPSA) is 48.0 Å². The lowest BCUT2D eigenvalue weighted by Crippen LogP contribution is -2.54. The fourth-order valence-corrected chi connectivity index (χ4v) is 9.84. The molecule has 0 spiro atoms. The van der Waals surface area contributed by atoms with Crippen LogP contribution in [0.3, 0.4) is 0 Å². The van der Waals surface area contributed by atoms with Gasteiger partial charge in [0, 0.05) is 6.54 Å². The molecule has 0 aromatic heterocycles. The van der Waals surface area contributed by atoms with Gasteiger partial charge in [0.1, 0.15) is 5.60 Å². The second-order valence-electron chi connectivity index (χ2n) is 14.2. The first-order valence-corrected chi connectivity index (χ1v) is 21.1. The number of likely N-dealkylation sites (tertiary alicyclic amines) is 1. The monoisotopic (exact) mass is 563 g/mol. The third-order valence-electron chi connectivity index (χ3n) is 7.94. The summed E-state index contributed by atoms with van der Waals surface area (Å²) in [7, 11) is -4.05. The van der Waals surface area contributed by atoms with Gasteiger partial charge in [-0.05, 0) is 81.4 Å². The fourth-order valence-electron chi connectivity index (χ4n) is 3.87. The second-order valence-corrected chi connectivity index (χ2v) is 26.6. The number of ether oxygens (including phenoxy) is 1. The van der Waals surface area contributed by atoms with Crippen molar-refractivity contribution in [1.82, 2.24) is 4.90 Å². The summed E-state index contributed by atoms with van der Waals surface area (Å²) in [5.74, 6) is 2.30. The van der Waals surface area contributed by atoms with E-state index in [9.17, 15) is 4.79 Å². The van der Waals surface area contributed by atoms with Crippen LogP contribution < -0.4 is 0 Å². The minimum absolute atomic E-state index is 0.0116. The van der Waals surface area contributed by atoms with Crippen molar-refractivity contribution in [3.05, 3.63) is 0 Å². The molecule has 0 aromatic rings. The minimum atomic E-state index is -2.07. The third-order valence-corrected chi connectivity index (χ3v) is 20.0. The van der Waals surface area contributed by atoms with Gasteiger partial charge in [-0.15, -0.1) is 23.5 Å². The highest BCUT2D eigenvalue weighted by Gasteiger charge is 2.51. The molecule has 5 nitrogen and oxygen atoms in total. The van der Waals surface area contributed by atoms with Gasteiger partial charge in [0.2, 0.25) is 0 Å². The maximum atomic E-state index is 13.5. The van der Waals surface area contributed by atoms with Gasteiger partial charge < -0.3 is 13.6 Å². The lowest BCUT2D eigenvalue weighted by Gasteiger charge is -2.45. The minimum Gasteiger partial charge on any atom is -0.444 e. The Morgan fingerprint density at radius 2 is 1.40 bits per heavy atom. The fraction of sp³-hybridized carbons (Fsp3) is 0.962. The van der Waals surface area contributed by atoms with E-state index in [0.29, 0.717) is 11.1 Å². The highest BCUT2D eigenvalue weighted by atomic mass is 32.2. The molecule has 206 valence electrons. The van der Waals surface area contributed by atoms with E-state index in [-0.39, 0.29) is 34.4 Å². The molecule has 0 radical (unpaired) electrons. The van der Waals surface area contributed by atoms with Gasteiger partial charge in [-0.25, -0.2) is 4.79 Å². The van der Waals surface area contributed by atoms with E-state index in [2.05, 4.69) is 67.7 Å². The first-order valence-electron chi connectivity index (χ1n) is 13.2. The van der Waals surface area contributed by atoms with Gasteiger partial charge in [0.25, 0.3) is 0 Å². The molecule has 2 aliphatic rings. The Labute approximate surface area is 226 Å². The maximum absolute atomic E-state index is 13.5. The lowest BCUT2D eigenvalue weighted by molar-refractivity contribution is 0.00869. The summed E-state index contributed by atoms with van der Waals surface area (Å²) < 4.78 is 20.3. The molecule has 3 atom stereocenters. The van der Waals surface area contributed by atoms with Gasteiger partial charge in [0.05, 0.1) is 22.8 Å². The summed E-state index contributed by atoms with van der Waals surface area (Å²) in [6.07, 6.45) is 1.78. The van der Waals surface area contributed by atoms with Crippen LogP contribution in [0.25, 0.3) is 0 Å². The summed E-state index contributed by atoms with van der Waals surface area (Å²) in [6, 6.07) is -0.0446. The third kappa shape index (κ3) is 8.40. The smallest absolute Gasteiger partial charge is 0.410 e. The zero-order valence-corrected chi connectivity index (χ0v) is 28.4. The number of thioether (sulfide) groups is 2. The molecule has 0 bridgehead atoms. The molecule has 0 unspecified atom stereocenters. The number of amides is 1. The molecule has 9 heteroatoms. The summed E-state index contributed by atoms with van der Waals surface area (Å²) in [5.41, 5.74) is -0.538. The Morgan fingerprint density at radius 3 is 1.86 bits per heavy atom. The van der Waals surface area contributed by atoms with Crippen LogP contribution in [0.5, 0.6) is 0 Å². The number of carbonyl (C=O) groups is 1. The van der Waals surface area contributed by atoms with Crippen molar-refractivity contribution in [3.8, 4) is 0 Å². The van der Waals surface area contributed by atoms with E-state index in [1.807, 2.05) is 49.2 Å². The molecule has 0 aliphatic carbocycles. The van der Waals surface area contributed by atoms with Crippen LogP contribution >= 0.6 is 23.5 Å². The zero-order chi connectivity index (χ0) is 27.0. The van der Waals surface area contributed by atoms with Crippen LogP contribution in [-0.4, -0.2) is 74.1 Å². The van der Waals surface area contributed by atoms with E-state index < -0.39 is 22.2 Å². The number of hydrogen-bond acceptors (Lipinski definition) is 6. The number of carbonyl (C=O) groups excluding carboxylic acids is 1. The van der Waals surface area contributed by atoms with E-state index >= 15 is 0 Å². The van der Waals surface area contributed by atoms with Crippen molar-refractivity contribution in [2.75, 3.05) is 18.1 Å². The van der Waals surface area contributed by atoms with Crippen LogP contribution in [0.15, 0.2) is 0 Å². The number of hydrogen-bond donors (Lipinski definition) is 0. The Morgan fingerprint density at radius 1 is 0.886 bits per heavy atom. The predicted octanol–water partition coefficient (Wildman–Crippen LogP) is 7.97. The summed E-state index contributed by atoms with van der Waals surface area (Å²) in [4.78, 5) is 15.5. The Kier molecular flexibility index (Phi) is 10.1. The van der Waals surface area contributed by atoms with Crippen LogP contribution in [0.2, 0.25) is 36.3 Å². The number of nitrogens with zero attached hydrogens (tertiary/aromatic N) is 1. The highest BCUT2D eigenvalue weighted by Crippen LogP contribution is 2.45. The van der Waals surface area contributed by atoms with Gasteiger partial charge >= 0.3 is 6.09 Å². The largest absolute Gasteiger partial charge is 0.444 e. The molecule has 2 fully saturated rings. The first-order chi connectivity index (χ1) is 15.6. The predicted molar refractivity (Wildman–Crippen MR) is 159 cm³/mol. The van der Waals surface area contributed by atoms with E-state index in [4.69, 9.17) is 13.6 Å². The van der Waals surface area contributed by atoms with Gasteiger partial charge in [-0.2, -0.15) is 0 Å². The molecule has 1 amide bonds. The molecule has 2 saturated heterocycles. The average Bonchev–Trinajstić information content (AvgIpc) is 3.06.